The predicted octanol–water partition coefficient (Wildman–Crippen LogP) is 1.33. The SMILES string of the molecule is NCCC(=O)N(CCC(N)=O)C[C@@H]1CCCN(CC2CCCCC2)C1. The molecule has 2 aliphatic rings. The highest BCUT2D eigenvalue weighted by atomic mass is 16.2. The maximum absolute atomic E-state index is 12.3. The Hall–Kier alpha value is -1.14. The van der Waals surface area contributed by atoms with E-state index >= 15 is 0 Å². The third-order valence-corrected chi connectivity index (χ3v) is 5.66. The van der Waals surface area contributed by atoms with Gasteiger partial charge in [0.2, 0.25) is 11.8 Å². The third kappa shape index (κ3) is 7.32. The van der Waals surface area contributed by atoms with Gasteiger partial charge in [-0.3, -0.25) is 9.59 Å². The Morgan fingerprint density at radius 1 is 1.00 bits per heavy atom. The number of hydrogen-bond acceptors (Lipinski definition) is 4. The normalized spacial score (nSPS) is 22.7. The number of rotatable bonds is 9. The molecular formula is C19H36N4O2. The van der Waals surface area contributed by atoms with Gasteiger partial charge >= 0.3 is 0 Å². The molecular weight excluding hydrogens is 316 g/mol. The van der Waals surface area contributed by atoms with Gasteiger partial charge in [0, 0.05) is 45.6 Å². The topological polar surface area (TPSA) is 92.7 Å². The predicted molar refractivity (Wildman–Crippen MR) is 99.8 cm³/mol. The molecule has 0 aromatic rings. The lowest BCUT2D eigenvalue weighted by atomic mass is 9.88. The van der Waals surface area contributed by atoms with E-state index < -0.39 is 0 Å². The first-order chi connectivity index (χ1) is 12.1. The molecule has 1 saturated carbocycles. The smallest absolute Gasteiger partial charge is 0.223 e. The molecule has 6 nitrogen and oxygen atoms in total. The van der Waals surface area contributed by atoms with Gasteiger partial charge in [-0.25, -0.2) is 0 Å². The minimum Gasteiger partial charge on any atom is -0.370 e. The molecule has 1 heterocycles. The molecule has 2 fully saturated rings. The summed E-state index contributed by atoms with van der Waals surface area (Å²) >= 11 is 0. The lowest BCUT2D eigenvalue weighted by Crippen LogP contribution is -2.45. The van der Waals surface area contributed by atoms with Gasteiger partial charge < -0.3 is 21.3 Å². The minimum absolute atomic E-state index is 0.0492. The third-order valence-electron chi connectivity index (χ3n) is 5.66. The van der Waals surface area contributed by atoms with E-state index in [0.29, 0.717) is 25.4 Å². The quantitative estimate of drug-likeness (QED) is 0.655. The molecule has 6 heteroatoms. The Morgan fingerprint density at radius 2 is 1.72 bits per heavy atom. The van der Waals surface area contributed by atoms with E-state index in [1.165, 1.54) is 51.6 Å². The van der Waals surface area contributed by atoms with Crippen LogP contribution in [0.2, 0.25) is 0 Å². The van der Waals surface area contributed by atoms with Crippen molar-refractivity contribution in [3.05, 3.63) is 0 Å². The summed E-state index contributed by atoms with van der Waals surface area (Å²) < 4.78 is 0. The number of amides is 2. The molecule has 1 atom stereocenters. The second-order valence-corrected chi connectivity index (χ2v) is 7.87. The van der Waals surface area contributed by atoms with E-state index in [4.69, 9.17) is 11.5 Å². The van der Waals surface area contributed by atoms with Gasteiger partial charge in [0.25, 0.3) is 0 Å². The maximum Gasteiger partial charge on any atom is 0.223 e. The molecule has 0 aromatic heterocycles. The fourth-order valence-electron chi connectivity index (χ4n) is 4.36. The molecule has 25 heavy (non-hydrogen) atoms. The van der Waals surface area contributed by atoms with E-state index in [0.717, 1.165) is 25.4 Å². The van der Waals surface area contributed by atoms with Crippen LogP contribution in [0.1, 0.15) is 57.8 Å². The zero-order valence-corrected chi connectivity index (χ0v) is 15.6. The van der Waals surface area contributed by atoms with Crippen LogP contribution in [0.15, 0.2) is 0 Å². The standard InChI is InChI=1S/C19H36N4O2/c20-10-8-19(25)23(12-9-18(21)24)15-17-7-4-11-22(14-17)13-16-5-2-1-3-6-16/h16-17H,1-15,20H2,(H2,21,24)/t17-/m1/s1. The molecule has 0 unspecified atom stereocenters. The molecule has 1 aliphatic heterocycles. The fraction of sp³-hybridized carbons (Fsp3) is 0.895. The van der Waals surface area contributed by atoms with Crippen LogP contribution in [0.4, 0.5) is 0 Å². The van der Waals surface area contributed by atoms with Crippen molar-refractivity contribution in [1.29, 1.82) is 0 Å². The maximum atomic E-state index is 12.3. The van der Waals surface area contributed by atoms with E-state index in [9.17, 15) is 9.59 Å². The first kappa shape index (κ1) is 20.2. The van der Waals surface area contributed by atoms with E-state index in [1.807, 2.05) is 4.90 Å². The lowest BCUT2D eigenvalue weighted by Gasteiger charge is -2.38. The molecule has 0 spiro atoms. The van der Waals surface area contributed by atoms with Gasteiger partial charge in [-0.1, -0.05) is 19.3 Å². The van der Waals surface area contributed by atoms with Crippen LogP contribution < -0.4 is 11.5 Å². The number of hydrogen-bond donors (Lipinski definition) is 2. The van der Waals surface area contributed by atoms with Crippen molar-refractivity contribution >= 4 is 11.8 Å². The highest BCUT2D eigenvalue weighted by Gasteiger charge is 2.26. The zero-order valence-electron chi connectivity index (χ0n) is 15.6. The molecule has 0 aromatic carbocycles. The van der Waals surface area contributed by atoms with Crippen LogP contribution in [0.5, 0.6) is 0 Å². The van der Waals surface area contributed by atoms with Crippen LogP contribution in [0.25, 0.3) is 0 Å². The van der Waals surface area contributed by atoms with Gasteiger partial charge in [-0.05, 0) is 44.1 Å². The second kappa shape index (κ2) is 10.8. The molecule has 4 N–H and O–H groups in total. The summed E-state index contributed by atoms with van der Waals surface area (Å²) in [6, 6.07) is 0. The first-order valence-electron chi connectivity index (χ1n) is 10.1. The van der Waals surface area contributed by atoms with Gasteiger partial charge in [-0.2, -0.15) is 0 Å². The van der Waals surface area contributed by atoms with Crippen molar-refractivity contribution in [1.82, 2.24) is 9.80 Å². The van der Waals surface area contributed by atoms with Crippen molar-refractivity contribution in [3.63, 3.8) is 0 Å². The summed E-state index contributed by atoms with van der Waals surface area (Å²) in [5.41, 5.74) is 10.8. The summed E-state index contributed by atoms with van der Waals surface area (Å²) in [5.74, 6) is 1.05. The summed E-state index contributed by atoms with van der Waals surface area (Å²) in [5, 5.41) is 0. The molecule has 1 aliphatic carbocycles. The van der Waals surface area contributed by atoms with Crippen LogP contribution in [-0.4, -0.2) is 60.9 Å². The Labute approximate surface area is 152 Å². The van der Waals surface area contributed by atoms with Crippen molar-refractivity contribution in [2.75, 3.05) is 39.3 Å². The Kier molecular flexibility index (Phi) is 8.68. The highest BCUT2D eigenvalue weighted by Crippen LogP contribution is 2.26. The summed E-state index contributed by atoms with van der Waals surface area (Å²) in [6.45, 7) is 4.98. The van der Waals surface area contributed by atoms with Gasteiger partial charge in [0.15, 0.2) is 0 Å². The number of nitrogens with two attached hydrogens (primary N) is 2. The van der Waals surface area contributed by atoms with Crippen LogP contribution in [-0.2, 0) is 9.59 Å². The average Bonchev–Trinajstić information content (AvgIpc) is 2.60. The van der Waals surface area contributed by atoms with Crippen molar-refractivity contribution in [3.8, 4) is 0 Å². The van der Waals surface area contributed by atoms with Gasteiger partial charge in [-0.15, -0.1) is 0 Å². The largest absolute Gasteiger partial charge is 0.370 e. The Morgan fingerprint density at radius 3 is 2.40 bits per heavy atom. The second-order valence-electron chi connectivity index (χ2n) is 7.87. The van der Waals surface area contributed by atoms with E-state index in [2.05, 4.69) is 4.90 Å². The molecule has 0 radical (unpaired) electrons. The summed E-state index contributed by atoms with van der Waals surface area (Å²) in [6.07, 6.45) is 9.86. The number of piperidine rings is 1. The summed E-state index contributed by atoms with van der Waals surface area (Å²) in [7, 11) is 0. The van der Waals surface area contributed by atoms with E-state index in [-0.39, 0.29) is 18.2 Å². The van der Waals surface area contributed by atoms with Crippen LogP contribution >= 0.6 is 0 Å². The van der Waals surface area contributed by atoms with E-state index in [1.54, 1.807) is 0 Å². The Bertz CT molecular complexity index is 424. The van der Waals surface area contributed by atoms with Crippen molar-refractivity contribution in [2.45, 2.75) is 57.8 Å². The summed E-state index contributed by atoms with van der Waals surface area (Å²) in [4.78, 5) is 27.8. The number of primary amides is 1. The highest BCUT2D eigenvalue weighted by molar-refractivity contribution is 5.78. The number of likely N-dealkylation sites (tertiary alicyclic amines) is 1. The molecule has 0 bridgehead atoms. The average molecular weight is 353 g/mol. The monoisotopic (exact) mass is 352 g/mol. The Balaban J connectivity index is 1.83. The van der Waals surface area contributed by atoms with Crippen LogP contribution in [0, 0.1) is 11.8 Å². The van der Waals surface area contributed by atoms with Gasteiger partial charge in [0.05, 0.1) is 0 Å². The zero-order chi connectivity index (χ0) is 18.1. The molecule has 144 valence electrons. The molecule has 2 amide bonds. The van der Waals surface area contributed by atoms with Gasteiger partial charge in [0.1, 0.15) is 0 Å². The first-order valence-corrected chi connectivity index (χ1v) is 10.1. The molecule has 2 rings (SSSR count). The lowest BCUT2D eigenvalue weighted by molar-refractivity contribution is -0.132. The molecule has 1 saturated heterocycles. The van der Waals surface area contributed by atoms with Crippen LogP contribution in [0.3, 0.4) is 0 Å². The number of nitrogens with zero attached hydrogens (tertiary/aromatic N) is 2. The number of carbonyl (C=O) groups excluding carboxylic acids is 2. The number of carbonyl (C=O) groups is 2. The minimum atomic E-state index is -0.354. The van der Waals surface area contributed by atoms with Crippen molar-refractivity contribution in [2.24, 2.45) is 23.3 Å². The van der Waals surface area contributed by atoms with Crippen molar-refractivity contribution < 1.29 is 9.59 Å². The fourth-order valence-corrected chi connectivity index (χ4v) is 4.36.